The van der Waals surface area contributed by atoms with E-state index in [1.165, 1.54) is 19.3 Å². The van der Waals surface area contributed by atoms with Crippen molar-refractivity contribution in [2.45, 2.75) is 82.7 Å². The first kappa shape index (κ1) is 23.8. The third-order valence-electron chi connectivity index (χ3n) is 5.93. The highest BCUT2D eigenvalue weighted by atomic mass is 32.2. The summed E-state index contributed by atoms with van der Waals surface area (Å²) < 4.78 is 5.12. The highest BCUT2D eigenvalue weighted by Gasteiger charge is 2.26. The summed E-state index contributed by atoms with van der Waals surface area (Å²) in [5.74, 6) is 1.62. The van der Waals surface area contributed by atoms with Crippen molar-refractivity contribution in [3.8, 4) is 0 Å². The molecule has 1 unspecified atom stereocenters. The van der Waals surface area contributed by atoms with Crippen molar-refractivity contribution >= 4 is 29.6 Å². The van der Waals surface area contributed by atoms with Gasteiger partial charge in [-0.1, -0.05) is 26.2 Å². The Morgan fingerprint density at radius 3 is 2.74 bits per heavy atom. The van der Waals surface area contributed by atoms with Crippen LogP contribution in [0.2, 0.25) is 0 Å². The number of anilines is 1. The number of amides is 1. The van der Waals surface area contributed by atoms with Crippen molar-refractivity contribution in [3.63, 3.8) is 0 Å². The van der Waals surface area contributed by atoms with E-state index >= 15 is 0 Å². The van der Waals surface area contributed by atoms with Gasteiger partial charge in [0.05, 0.1) is 18.6 Å². The van der Waals surface area contributed by atoms with Crippen LogP contribution in [0.4, 0.5) is 5.95 Å². The lowest BCUT2D eigenvalue weighted by molar-refractivity contribution is -0.144. The summed E-state index contributed by atoms with van der Waals surface area (Å²) in [5, 5.41) is 3.95. The largest absolute Gasteiger partial charge is 0.466 e. The second kappa shape index (κ2) is 12.3. The Labute approximate surface area is 190 Å². The van der Waals surface area contributed by atoms with Gasteiger partial charge >= 0.3 is 5.97 Å². The third kappa shape index (κ3) is 7.09. The molecule has 31 heavy (non-hydrogen) atoms. The van der Waals surface area contributed by atoms with Gasteiger partial charge in [0, 0.05) is 25.3 Å². The average Bonchev–Trinajstić information content (AvgIpc) is 2.78. The molecule has 2 heterocycles. The molecule has 1 aromatic rings. The Morgan fingerprint density at radius 1 is 1.19 bits per heavy atom. The topological polar surface area (TPSA) is 84.4 Å². The molecule has 8 heteroatoms. The van der Waals surface area contributed by atoms with Crippen molar-refractivity contribution in [1.29, 1.82) is 0 Å². The number of nitrogens with one attached hydrogen (secondary N) is 1. The zero-order chi connectivity index (χ0) is 22.1. The maximum atomic E-state index is 12.9. The standard InChI is InChI=1S/C23H36N4O3S/c1-3-13-31-22-19(21(29)25-18-10-6-5-7-11-18)15-24-23(26-22)27-12-8-9-17(16-27)14-20(28)30-4-2/h15,17-18H,3-14,16H2,1-2H3,(H,25,29). The minimum absolute atomic E-state index is 0.0594. The van der Waals surface area contributed by atoms with E-state index in [0.717, 1.165) is 56.0 Å². The maximum Gasteiger partial charge on any atom is 0.306 e. The average molecular weight is 449 g/mol. The van der Waals surface area contributed by atoms with E-state index in [1.54, 1.807) is 18.0 Å². The molecule has 0 aromatic carbocycles. The molecule has 1 aromatic heterocycles. The fraction of sp³-hybridized carbons (Fsp3) is 0.739. The summed E-state index contributed by atoms with van der Waals surface area (Å²) in [6.45, 7) is 5.98. The van der Waals surface area contributed by atoms with Crippen LogP contribution in [-0.4, -0.2) is 53.3 Å². The van der Waals surface area contributed by atoms with Crippen LogP contribution in [-0.2, 0) is 9.53 Å². The van der Waals surface area contributed by atoms with Crippen LogP contribution in [0.25, 0.3) is 0 Å². The number of rotatable bonds is 9. The first-order valence-electron chi connectivity index (χ1n) is 11.8. The number of nitrogens with zero attached hydrogens (tertiary/aromatic N) is 3. The molecule has 1 aliphatic carbocycles. The first-order valence-corrected chi connectivity index (χ1v) is 12.8. The molecule has 2 fully saturated rings. The lowest BCUT2D eigenvalue weighted by Crippen LogP contribution is -2.38. The molecule has 0 bridgehead atoms. The maximum absolute atomic E-state index is 12.9. The smallest absolute Gasteiger partial charge is 0.306 e. The zero-order valence-corrected chi connectivity index (χ0v) is 19.7. The molecule has 172 valence electrons. The molecular weight excluding hydrogens is 412 g/mol. The molecule has 1 N–H and O–H groups in total. The van der Waals surface area contributed by atoms with E-state index in [4.69, 9.17) is 9.72 Å². The van der Waals surface area contributed by atoms with E-state index < -0.39 is 0 Å². The van der Waals surface area contributed by atoms with Crippen molar-refractivity contribution < 1.29 is 14.3 Å². The van der Waals surface area contributed by atoms with Gasteiger partial charge in [-0.15, -0.1) is 11.8 Å². The van der Waals surface area contributed by atoms with Crippen LogP contribution in [0, 0.1) is 5.92 Å². The van der Waals surface area contributed by atoms with Crippen molar-refractivity contribution in [2.24, 2.45) is 5.92 Å². The number of hydrogen-bond donors (Lipinski definition) is 1. The minimum atomic E-state index is -0.135. The summed E-state index contributed by atoms with van der Waals surface area (Å²) in [6.07, 6.45) is 10.9. The van der Waals surface area contributed by atoms with Gasteiger partial charge in [0.25, 0.3) is 5.91 Å². The lowest BCUT2D eigenvalue weighted by Gasteiger charge is -2.32. The van der Waals surface area contributed by atoms with E-state index in [2.05, 4.69) is 22.1 Å². The number of thioether (sulfide) groups is 1. The zero-order valence-electron chi connectivity index (χ0n) is 18.9. The van der Waals surface area contributed by atoms with Gasteiger partial charge < -0.3 is 15.0 Å². The Morgan fingerprint density at radius 2 is 2.00 bits per heavy atom. The van der Waals surface area contributed by atoms with E-state index in [9.17, 15) is 9.59 Å². The number of aromatic nitrogens is 2. The van der Waals surface area contributed by atoms with Crippen LogP contribution in [0.3, 0.4) is 0 Å². The van der Waals surface area contributed by atoms with E-state index in [-0.39, 0.29) is 23.8 Å². The molecule has 2 aliphatic rings. The fourth-order valence-corrected chi connectivity index (χ4v) is 5.20. The van der Waals surface area contributed by atoms with Crippen LogP contribution in [0.15, 0.2) is 11.2 Å². The number of piperidine rings is 1. The van der Waals surface area contributed by atoms with Gasteiger partial charge in [-0.25, -0.2) is 9.97 Å². The number of carbonyl (C=O) groups excluding carboxylic acids is 2. The molecule has 1 aliphatic heterocycles. The molecule has 1 atom stereocenters. The van der Waals surface area contributed by atoms with Crippen LogP contribution in [0.5, 0.6) is 0 Å². The normalized spacial score (nSPS) is 19.8. The minimum Gasteiger partial charge on any atom is -0.466 e. The van der Waals surface area contributed by atoms with Gasteiger partial charge in [-0.3, -0.25) is 9.59 Å². The van der Waals surface area contributed by atoms with Crippen molar-refractivity contribution in [2.75, 3.05) is 30.3 Å². The number of hydrogen-bond acceptors (Lipinski definition) is 7. The van der Waals surface area contributed by atoms with Crippen molar-refractivity contribution in [1.82, 2.24) is 15.3 Å². The van der Waals surface area contributed by atoms with Gasteiger partial charge in [0.1, 0.15) is 5.03 Å². The molecule has 1 amide bonds. The van der Waals surface area contributed by atoms with Gasteiger partial charge in [0.2, 0.25) is 5.95 Å². The number of carbonyl (C=O) groups is 2. The molecule has 0 radical (unpaired) electrons. The molecule has 1 saturated carbocycles. The number of esters is 1. The molecule has 0 spiro atoms. The number of ether oxygens (including phenoxy) is 1. The molecule has 3 rings (SSSR count). The van der Waals surface area contributed by atoms with Gasteiger partial charge in [0.15, 0.2) is 0 Å². The third-order valence-corrected chi connectivity index (χ3v) is 7.13. The second-order valence-electron chi connectivity index (χ2n) is 8.51. The molecule has 7 nitrogen and oxygen atoms in total. The monoisotopic (exact) mass is 448 g/mol. The predicted molar refractivity (Wildman–Crippen MR) is 124 cm³/mol. The summed E-state index contributed by atoms with van der Waals surface area (Å²) in [6, 6.07) is 0.260. The Balaban J connectivity index is 1.70. The highest BCUT2D eigenvalue weighted by Crippen LogP contribution is 2.27. The summed E-state index contributed by atoms with van der Waals surface area (Å²) in [4.78, 5) is 36.3. The first-order chi connectivity index (χ1) is 15.1. The lowest BCUT2D eigenvalue weighted by atomic mass is 9.95. The Kier molecular flexibility index (Phi) is 9.43. The van der Waals surface area contributed by atoms with Gasteiger partial charge in [-0.2, -0.15) is 0 Å². The second-order valence-corrected chi connectivity index (χ2v) is 9.59. The van der Waals surface area contributed by atoms with Crippen LogP contribution >= 0.6 is 11.8 Å². The predicted octanol–water partition coefficient (Wildman–Crippen LogP) is 4.21. The van der Waals surface area contributed by atoms with Crippen molar-refractivity contribution in [3.05, 3.63) is 11.8 Å². The SMILES string of the molecule is CCCSc1nc(N2CCCC(CC(=O)OCC)C2)ncc1C(=O)NC1CCCCC1. The molecular formula is C23H36N4O3S. The molecule has 1 saturated heterocycles. The summed E-state index contributed by atoms with van der Waals surface area (Å²) >= 11 is 1.62. The highest BCUT2D eigenvalue weighted by molar-refractivity contribution is 7.99. The van der Waals surface area contributed by atoms with Gasteiger partial charge in [-0.05, 0) is 50.7 Å². The van der Waals surface area contributed by atoms with E-state index in [0.29, 0.717) is 24.5 Å². The van der Waals surface area contributed by atoms with Crippen LogP contribution in [0.1, 0.15) is 82.0 Å². The summed E-state index contributed by atoms with van der Waals surface area (Å²) in [5.41, 5.74) is 0.577. The fourth-order valence-electron chi connectivity index (χ4n) is 4.35. The Hall–Kier alpha value is -1.83. The Bertz CT molecular complexity index is 740. The van der Waals surface area contributed by atoms with Crippen LogP contribution < -0.4 is 10.2 Å². The van der Waals surface area contributed by atoms with E-state index in [1.807, 2.05) is 6.92 Å². The quantitative estimate of drug-likeness (QED) is 0.344. The summed E-state index contributed by atoms with van der Waals surface area (Å²) in [7, 11) is 0.